The van der Waals surface area contributed by atoms with E-state index < -0.39 is 5.97 Å². The van der Waals surface area contributed by atoms with Crippen molar-refractivity contribution in [1.29, 1.82) is 0 Å². The predicted molar refractivity (Wildman–Crippen MR) is 91.7 cm³/mol. The van der Waals surface area contributed by atoms with Gasteiger partial charge in [0, 0.05) is 13.1 Å². The number of rotatable bonds is 2. The van der Waals surface area contributed by atoms with Crippen molar-refractivity contribution in [1.82, 2.24) is 10.2 Å². The van der Waals surface area contributed by atoms with Crippen molar-refractivity contribution in [3.05, 3.63) is 35.4 Å². The Hall–Kier alpha value is -2.04. The van der Waals surface area contributed by atoms with Gasteiger partial charge in [-0.05, 0) is 49.1 Å². The molecule has 130 valence electrons. The molecule has 1 aromatic carbocycles. The Labute approximate surface area is 143 Å². The minimum absolute atomic E-state index is 0.0356. The number of aryl methyl sites for hydroxylation is 1. The van der Waals surface area contributed by atoms with Crippen LogP contribution in [-0.4, -0.2) is 35.1 Å². The monoisotopic (exact) mass is 330 g/mol. The van der Waals surface area contributed by atoms with Crippen LogP contribution in [0, 0.1) is 11.8 Å². The summed E-state index contributed by atoms with van der Waals surface area (Å²) < 4.78 is 0. The zero-order chi connectivity index (χ0) is 17.1. The highest BCUT2D eigenvalue weighted by Crippen LogP contribution is 2.33. The zero-order valence-electron chi connectivity index (χ0n) is 14.2. The van der Waals surface area contributed by atoms with Crippen LogP contribution in [0.3, 0.4) is 0 Å². The molecule has 1 heterocycles. The van der Waals surface area contributed by atoms with E-state index in [-0.39, 0.29) is 18.0 Å². The van der Waals surface area contributed by atoms with E-state index in [9.17, 15) is 9.59 Å². The summed E-state index contributed by atoms with van der Waals surface area (Å²) in [5.74, 6) is -0.665. The van der Waals surface area contributed by atoms with Gasteiger partial charge < -0.3 is 15.3 Å². The molecule has 2 unspecified atom stereocenters. The number of nitrogens with one attached hydrogen (secondary N) is 1. The molecule has 2 N–H and O–H groups in total. The number of carbonyl (C=O) groups is 2. The summed E-state index contributed by atoms with van der Waals surface area (Å²) in [5, 5.41) is 12.3. The van der Waals surface area contributed by atoms with Crippen molar-refractivity contribution in [2.45, 2.75) is 45.1 Å². The molecule has 1 fully saturated rings. The van der Waals surface area contributed by atoms with Crippen molar-refractivity contribution in [3.8, 4) is 0 Å². The number of carboxylic acid groups (broad SMARTS) is 1. The molecule has 3 rings (SSSR count). The van der Waals surface area contributed by atoms with E-state index in [1.165, 1.54) is 11.1 Å². The Balaban J connectivity index is 1.68. The molecule has 2 aliphatic rings. The fourth-order valence-corrected chi connectivity index (χ4v) is 3.93. The van der Waals surface area contributed by atoms with Crippen molar-refractivity contribution >= 4 is 12.0 Å². The predicted octanol–water partition coefficient (Wildman–Crippen LogP) is 3.21. The van der Waals surface area contributed by atoms with E-state index in [1.54, 1.807) is 4.90 Å². The van der Waals surface area contributed by atoms with Crippen LogP contribution in [0.4, 0.5) is 4.79 Å². The number of piperidine rings is 1. The van der Waals surface area contributed by atoms with Gasteiger partial charge in [-0.25, -0.2) is 4.79 Å². The van der Waals surface area contributed by atoms with Crippen molar-refractivity contribution in [2.75, 3.05) is 13.1 Å². The first-order valence-electron chi connectivity index (χ1n) is 8.92. The summed E-state index contributed by atoms with van der Waals surface area (Å²) in [6.45, 7) is 3.24. The summed E-state index contributed by atoms with van der Waals surface area (Å²) in [4.78, 5) is 25.5. The van der Waals surface area contributed by atoms with Gasteiger partial charge in [0.15, 0.2) is 0 Å². The smallest absolute Gasteiger partial charge is 0.317 e. The number of fused-ring (bicyclic) bond motifs is 1. The molecule has 2 amide bonds. The third kappa shape index (κ3) is 3.55. The van der Waals surface area contributed by atoms with Crippen LogP contribution < -0.4 is 5.32 Å². The second kappa shape index (κ2) is 7.24. The van der Waals surface area contributed by atoms with Crippen LogP contribution in [0.1, 0.15) is 49.8 Å². The quantitative estimate of drug-likeness (QED) is 0.818. The number of aliphatic carboxylic acids is 1. The van der Waals surface area contributed by atoms with Crippen molar-refractivity contribution in [3.63, 3.8) is 0 Å². The van der Waals surface area contributed by atoms with Crippen molar-refractivity contribution < 1.29 is 14.7 Å². The highest BCUT2D eigenvalue weighted by atomic mass is 16.4. The molecule has 0 saturated carbocycles. The second-order valence-electron chi connectivity index (χ2n) is 7.10. The molecule has 0 aromatic heterocycles. The lowest BCUT2D eigenvalue weighted by molar-refractivity contribution is -0.143. The van der Waals surface area contributed by atoms with E-state index in [2.05, 4.69) is 30.4 Å². The topological polar surface area (TPSA) is 69.6 Å². The number of carbonyl (C=O) groups excluding carboxylic acids is 1. The third-order valence-electron chi connectivity index (χ3n) is 5.48. The molecule has 5 heteroatoms. The van der Waals surface area contributed by atoms with Crippen molar-refractivity contribution in [2.24, 2.45) is 11.8 Å². The number of nitrogens with zero attached hydrogens (tertiary/aromatic N) is 1. The van der Waals surface area contributed by atoms with E-state index in [0.717, 1.165) is 19.3 Å². The van der Waals surface area contributed by atoms with Gasteiger partial charge in [-0.15, -0.1) is 0 Å². The van der Waals surface area contributed by atoms with E-state index >= 15 is 0 Å². The SMILES string of the molecule is CC1CCCc2ccccc2C1NC(=O)N1CCC(C(=O)O)CC1. The second-order valence-corrected chi connectivity index (χ2v) is 7.10. The fourth-order valence-electron chi connectivity index (χ4n) is 3.93. The Bertz CT molecular complexity index is 608. The maximum atomic E-state index is 12.7. The first kappa shape index (κ1) is 16.8. The van der Waals surface area contributed by atoms with Gasteiger partial charge in [-0.1, -0.05) is 31.2 Å². The van der Waals surface area contributed by atoms with Gasteiger partial charge >= 0.3 is 12.0 Å². The Kier molecular flexibility index (Phi) is 5.07. The molecular weight excluding hydrogens is 304 g/mol. The first-order valence-corrected chi connectivity index (χ1v) is 8.92. The molecule has 24 heavy (non-hydrogen) atoms. The number of amides is 2. The average Bonchev–Trinajstić information content (AvgIpc) is 2.74. The van der Waals surface area contributed by atoms with Crippen LogP contribution in [0.25, 0.3) is 0 Å². The van der Waals surface area contributed by atoms with Crippen LogP contribution in [0.15, 0.2) is 24.3 Å². The lowest BCUT2D eigenvalue weighted by atomic mass is 9.92. The molecule has 5 nitrogen and oxygen atoms in total. The average molecular weight is 330 g/mol. The van der Waals surface area contributed by atoms with E-state index in [1.807, 2.05) is 6.07 Å². The molecule has 1 aliphatic carbocycles. The summed E-state index contributed by atoms with van der Waals surface area (Å²) in [7, 11) is 0. The maximum Gasteiger partial charge on any atom is 0.317 e. The summed E-state index contributed by atoms with van der Waals surface area (Å²) >= 11 is 0. The third-order valence-corrected chi connectivity index (χ3v) is 5.48. The summed E-state index contributed by atoms with van der Waals surface area (Å²) in [6.07, 6.45) is 4.39. The number of likely N-dealkylation sites (tertiary alicyclic amines) is 1. The van der Waals surface area contributed by atoms with Gasteiger partial charge in [0.25, 0.3) is 0 Å². The number of urea groups is 1. The fraction of sp³-hybridized carbons (Fsp3) is 0.579. The number of carboxylic acids is 1. The van der Waals surface area contributed by atoms with Crippen LogP contribution in [0.5, 0.6) is 0 Å². The van der Waals surface area contributed by atoms with E-state index in [0.29, 0.717) is 31.8 Å². The summed E-state index contributed by atoms with van der Waals surface area (Å²) in [6, 6.07) is 8.35. The van der Waals surface area contributed by atoms with Crippen LogP contribution >= 0.6 is 0 Å². The molecular formula is C19H26N2O3. The van der Waals surface area contributed by atoms with E-state index in [4.69, 9.17) is 5.11 Å². The van der Waals surface area contributed by atoms with Crippen LogP contribution in [0.2, 0.25) is 0 Å². The largest absolute Gasteiger partial charge is 0.481 e. The van der Waals surface area contributed by atoms with Gasteiger partial charge in [0.2, 0.25) is 0 Å². The molecule has 0 spiro atoms. The molecule has 1 aliphatic heterocycles. The maximum absolute atomic E-state index is 12.7. The highest BCUT2D eigenvalue weighted by Gasteiger charge is 2.30. The number of hydrogen-bond donors (Lipinski definition) is 2. The number of hydrogen-bond acceptors (Lipinski definition) is 2. The standard InChI is InChI=1S/C19H26N2O3/c1-13-5-4-7-14-6-2-3-8-16(14)17(13)20-19(24)21-11-9-15(10-12-21)18(22)23/h2-3,6,8,13,15,17H,4-5,7,9-12H2,1H3,(H,20,24)(H,22,23). The molecule has 1 saturated heterocycles. The normalized spacial score (nSPS) is 24.8. The molecule has 0 radical (unpaired) electrons. The zero-order valence-corrected chi connectivity index (χ0v) is 14.2. The first-order chi connectivity index (χ1) is 11.6. The lowest BCUT2D eigenvalue weighted by Gasteiger charge is -2.33. The molecule has 1 aromatic rings. The van der Waals surface area contributed by atoms with Crippen LogP contribution in [-0.2, 0) is 11.2 Å². The Morgan fingerprint density at radius 1 is 1.17 bits per heavy atom. The van der Waals surface area contributed by atoms with Gasteiger partial charge in [-0.3, -0.25) is 4.79 Å². The molecule has 0 bridgehead atoms. The Morgan fingerprint density at radius 3 is 2.58 bits per heavy atom. The minimum atomic E-state index is -0.749. The minimum Gasteiger partial charge on any atom is -0.481 e. The lowest BCUT2D eigenvalue weighted by Crippen LogP contribution is -2.47. The highest BCUT2D eigenvalue weighted by molar-refractivity contribution is 5.76. The van der Waals surface area contributed by atoms with Gasteiger partial charge in [0.1, 0.15) is 0 Å². The van der Waals surface area contributed by atoms with Gasteiger partial charge in [0.05, 0.1) is 12.0 Å². The summed E-state index contributed by atoms with van der Waals surface area (Å²) in [5.41, 5.74) is 2.56. The molecule has 2 atom stereocenters. The van der Waals surface area contributed by atoms with Gasteiger partial charge in [-0.2, -0.15) is 0 Å². The Morgan fingerprint density at radius 2 is 1.88 bits per heavy atom. The number of benzene rings is 1.